The number of furan rings is 1. The topological polar surface area (TPSA) is 51.8 Å². The van der Waals surface area contributed by atoms with Gasteiger partial charge in [0.1, 0.15) is 11.2 Å². The molecule has 0 radical (unpaired) electrons. The summed E-state index contributed by atoms with van der Waals surface area (Å²) in [5, 5.41) is 11.9. The standard InChI is InChI=1S/C49H29N3O/c1-2-11-31(12-3-1)47-50-48(52-49(51-47)35-23-25-38-33(29-35)21-27-40-36-14-5-4-10-30(36)20-26-41(38)40)34-22-24-37-32(28-34)13-8-16-39(37)42-17-9-19-45-46(42)43-15-6-7-18-44(43)53-45/h1-29H. The highest BCUT2D eigenvalue weighted by Gasteiger charge is 2.17. The number of benzene rings is 9. The number of nitrogens with zero attached hydrogens (tertiary/aromatic N) is 3. The fourth-order valence-corrected chi connectivity index (χ4v) is 7.98. The molecule has 53 heavy (non-hydrogen) atoms. The monoisotopic (exact) mass is 675 g/mol. The minimum atomic E-state index is 0.633. The molecule has 4 nitrogen and oxygen atoms in total. The minimum absolute atomic E-state index is 0.633. The van der Waals surface area contributed by atoms with Gasteiger partial charge in [0.15, 0.2) is 17.5 Å². The lowest BCUT2D eigenvalue weighted by atomic mass is 9.94. The molecule has 0 aliphatic carbocycles. The predicted molar refractivity (Wildman–Crippen MR) is 219 cm³/mol. The molecule has 0 N–H and O–H groups in total. The van der Waals surface area contributed by atoms with E-state index in [-0.39, 0.29) is 0 Å². The van der Waals surface area contributed by atoms with Gasteiger partial charge in [-0.2, -0.15) is 0 Å². The van der Waals surface area contributed by atoms with Gasteiger partial charge in [0.05, 0.1) is 0 Å². The van der Waals surface area contributed by atoms with Gasteiger partial charge in [-0.25, -0.2) is 15.0 Å². The Labute approximate surface area is 304 Å². The van der Waals surface area contributed by atoms with Crippen LogP contribution in [0.5, 0.6) is 0 Å². The summed E-state index contributed by atoms with van der Waals surface area (Å²) in [6.45, 7) is 0. The molecule has 246 valence electrons. The smallest absolute Gasteiger partial charge is 0.164 e. The molecule has 0 saturated heterocycles. The van der Waals surface area contributed by atoms with Crippen molar-refractivity contribution < 1.29 is 4.42 Å². The first-order valence-electron chi connectivity index (χ1n) is 17.9. The zero-order valence-electron chi connectivity index (χ0n) is 28.5. The van der Waals surface area contributed by atoms with Gasteiger partial charge in [0.25, 0.3) is 0 Å². The summed E-state index contributed by atoms with van der Waals surface area (Å²) < 4.78 is 6.23. The average molecular weight is 676 g/mol. The largest absolute Gasteiger partial charge is 0.456 e. The molecule has 4 heteroatoms. The fraction of sp³-hybridized carbons (Fsp3) is 0. The van der Waals surface area contributed by atoms with Crippen LogP contribution in [0.3, 0.4) is 0 Å². The predicted octanol–water partition coefficient (Wildman–Crippen LogP) is 13.1. The molecule has 2 heterocycles. The molecule has 11 rings (SSSR count). The van der Waals surface area contributed by atoms with E-state index in [0.29, 0.717) is 17.5 Å². The Balaban J connectivity index is 1.06. The maximum Gasteiger partial charge on any atom is 0.164 e. The molecule has 0 unspecified atom stereocenters. The Morgan fingerprint density at radius 3 is 1.62 bits per heavy atom. The van der Waals surface area contributed by atoms with E-state index >= 15 is 0 Å². The lowest BCUT2D eigenvalue weighted by Gasteiger charge is -2.12. The number of aromatic nitrogens is 3. The molecule has 0 bridgehead atoms. The molecule has 0 aliphatic heterocycles. The summed E-state index contributed by atoms with van der Waals surface area (Å²) in [4.78, 5) is 15.2. The molecular formula is C49H29N3O. The lowest BCUT2D eigenvalue weighted by molar-refractivity contribution is 0.669. The Morgan fingerprint density at radius 2 is 0.830 bits per heavy atom. The first-order valence-corrected chi connectivity index (χ1v) is 17.9. The molecule has 11 aromatic rings. The van der Waals surface area contributed by atoms with Gasteiger partial charge in [0, 0.05) is 27.5 Å². The van der Waals surface area contributed by atoms with Crippen molar-refractivity contribution in [2.45, 2.75) is 0 Å². The molecule has 0 fully saturated rings. The first kappa shape index (κ1) is 29.5. The van der Waals surface area contributed by atoms with E-state index in [4.69, 9.17) is 19.4 Å². The van der Waals surface area contributed by atoms with Gasteiger partial charge in [0.2, 0.25) is 0 Å². The maximum atomic E-state index is 6.23. The van der Waals surface area contributed by atoms with Crippen molar-refractivity contribution in [1.82, 2.24) is 15.0 Å². The first-order chi connectivity index (χ1) is 26.2. The van der Waals surface area contributed by atoms with E-state index in [9.17, 15) is 0 Å². The van der Waals surface area contributed by atoms with E-state index in [1.807, 2.05) is 48.5 Å². The second-order valence-corrected chi connectivity index (χ2v) is 13.6. The normalized spacial score (nSPS) is 11.8. The van der Waals surface area contributed by atoms with Gasteiger partial charge in [-0.1, -0.05) is 152 Å². The van der Waals surface area contributed by atoms with Crippen LogP contribution < -0.4 is 0 Å². The summed E-state index contributed by atoms with van der Waals surface area (Å²) in [5.41, 5.74) is 6.91. The molecule has 0 amide bonds. The third-order valence-electron chi connectivity index (χ3n) is 10.5. The van der Waals surface area contributed by atoms with Crippen LogP contribution in [0.2, 0.25) is 0 Å². The second kappa shape index (κ2) is 11.7. The highest BCUT2D eigenvalue weighted by atomic mass is 16.3. The van der Waals surface area contributed by atoms with Crippen LogP contribution in [0.25, 0.3) is 110 Å². The van der Waals surface area contributed by atoms with Gasteiger partial charge >= 0.3 is 0 Å². The summed E-state index contributed by atoms with van der Waals surface area (Å²) in [6.07, 6.45) is 0. The van der Waals surface area contributed by atoms with Crippen LogP contribution in [-0.4, -0.2) is 15.0 Å². The summed E-state index contributed by atoms with van der Waals surface area (Å²) in [5.74, 6) is 1.92. The lowest BCUT2D eigenvalue weighted by Crippen LogP contribution is -2.00. The van der Waals surface area contributed by atoms with E-state index < -0.39 is 0 Å². The van der Waals surface area contributed by atoms with Crippen molar-refractivity contribution in [3.8, 4) is 45.3 Å². The highest BCUT2D eigenvalue weighted by molar-refractivity contribution is 6.18. The van der Waals surface area contributed by atoms with Crippen molar-refractivity contribution in [2.75, 3.05) is 0 Å². The third-order valence-corrected chi connectivity index (χ3v) is 10.5. The van der Waals surface area contributed by atoms with Gasteiger partial charge in [-0.05, 0) is 78.5 Å². The number of fused-ring (bicyclic) bond motifs is 9. The SMILES string of the molecule is c1ccc(-c2nc(-c3ccc4c(-c5cccc6oc7ccccc7c56)cccc4c3)nc(-c3ccc4c(ccc5c6ccccc6ccc45)c3)n2)cc1. The van der Waals surface area contributed by atoms with E-state index in [2.05, 4.69) is 127 Å². The van der Waals surface area contributed by atoms with E-state index in [1.54, 1.807) is 0 Å². The Kier molecular flexibility index (Phi) is 6.52. The minimum Gasteiger partial charge on any atom is -0.456 e. The van der Waals surface area contributed by atoms with Crippen molar-refractivity contribution >= 4 is 65.0 Å². The summed E-state index contributed by atoms with van der Waals surface area (Å²) in [7, 11) is 0. The molecule has 0 atom stereocenters. The number of rotatable bonds is 4. The van der Waals surface area contributed by atoms with Crippen molar-refractivity contribution in [3.05, 3.63) is 176 Å². The molecular weight excluding hydrogens is 647 g/mol. The van der Waals surface area contributed by atoms with Crippen molar-refractivity contribution in [1.29, 1.82) is 0 Å². The fourth-order valence-electron chi connectivity index (χ4n) is 7.98. The van der Waals surface area contributed by atoms with E-state index in [0.717, 1.165) is 65.9 Å². The average Bonchev–Trinajstić information content (AvgIpc) is 3.62. The van der Waals surface area contributed by atoms with Crippen LogP contribution >= 0.6 is 0 Å². The van der Waals surface area contributed by atoms with Crippen LogP contribution in [-0.2, 0) is 0 Å². The quantitative estimate of drug-likeness (QED) is 0.174. The highest BCUT2D eigenvalue weighted by Crippen LogP contribution is 2.40. The van der Waals surface area contributed by atoms with E-state index in [1.165, 1.54) is 26.9 Å². The zero-order chi connectivity index (χ0) is 34.9. The van der Waals surface area contributed by atoms with Crippen molar-refractivity contribution in [2.24, 2.45) is 0 Å². The van der Waals surface area contributed by atoms with Crippen molar-refractivity contribution in [3.63, 3.8) is 0 Å². The Bertz CT molecular complexity index is 3240. The van der Waals surface area contributed by atoms with Gasteiger partial charge in [-0.3, -0.25) is 0 Å². The van der Waals surface area contributed by atoms with Crippen LogP contribution in [0, 0.1) is 0 Å². The number of para-hydroxylation sites is 1. The number of hydrogen-bond donors (Lipinski definition) is 0. The molecule has 2 aromatic heterocycles. The number of hydrogen-bond acceptors (Lipinski definition) is 4. The van der Waals surface area contributed by atoms with Crippen LogP contribution in [0.1, 0.15) is 0 Å². The van der Waals surface area contributed by atoms with Crippen LogP contribution in [0.4, 0.5) is 0 Å². The molecule has 9 aromatic carbocycles. The van der Waals surface area contributed by atoms with Gasteiger partial charge in [-0.15, -0.1) is 0 Å². The molecule has 0 spiro atoms. The zero-order valence-corrected chi connectivity index (χ0v) is 28.5. The molecule has 0 aliphatic rings. The van der Waals surface area contributed by atoms with Crippen LogP contribution in [0.15, 0.2) is 180 Å². The molecule has 0 saturated carbocycles. The Hall–Kier alpha value is -7.17. The Morgan fingerprint density at radius 1 is 0.302 bits per heavy atom. The second-order valence-electron chi connectivity index (χ2n) is 13.6. The third kappa shape index (κ3) is 4.80. The summed E-state index contributed by atoms with van der Waals surface area (Å²) in [6, 6.07) is 61.7. The van der Waals surface area contributed by atoms with Gasteiger partial charge < -0.3 is 4.42 Å². The summed E-state index contributed by atoms with van der Waals surface area (Å²) >= 11 is 0. The maximum absolute atomic E-state index is 6.23.